The molecule has 0 aliphatic heterocycles. The van der Waals surface area contributed by atoms with Crippen LogP contribution in [0.1, 0.15) is 16.8 Å². The lowest BCUT2D eigenvalue weighted by Gasteiger charge is -2.15. The molecule has 0 unspecified atom stereocenters. The summed E-state index contributed by atoms with van der Waals surface area (Å²) in [7, 11) is -3.89. The molecular formula is C20H18ClNO3S. The third kappa shape index (κ3) is 3.45. The van der Waals surface area contributed by atoms with Crippen molar-refractivity contribution in [2.45, 2.75) is 30.2 Å². The van der Waals surface area contributed by atoms with Gasteiger partial charge < -0.3 is 4.57 Å². The molecule has 0 amide bonds. The van der Waals surface area contributed by atoms with Gasteiger partial charge in [0.2, 0.25) is 9.84 Å². The predicted octanol–water partition coefficient (Wildman–Crippen LogP) is 4.00. The van der Waals surface area contributed by atoms with Crippen molar-refractivity contribution in [1.82, 2.24) is 4.57 Å². The Morgan fingerprint density at radius 3 is 2.19 bits per heavy atom. The minimum atomic E-state index is -3.89. The van der Waals surface area contributed by atoms with Crippen LogP contribution in [0.3, 0.4) is 0 Å². The van der Waals surface area contributed by atoms with Crippen molar-refractivity contribution in [2.75, 3.05) is 0 Å². The minimum Gasteiger partial charge on any atom is -0.307 e. The van der Waals surface area contributed by atoms with Crippen molar-refractivity contribution in [3.8, 4) is 0 Å². The fraction of sp³-hybridized carbons (Fsp3) is 0.150. The zero-order chi connectivity index (χ0) is 18.9. The van der Waals surface area contributed by atoms with Gasteiger partial charge in [0.05, 0.1) is 11.4 Å². The van der Waals surface area contributed by atoms with Gasteiger partial charge in [-0.3, -0.25) is 4.79 Å². The Morgan fingerprint density at radius 1 is 0.962 bits per heavy atom. The maximum Gasteiger partial charge on any atom is 0.270 e. The number of sulfone groups is 1. The number of hydrogen-bond donors (Lipinski definition) is 0. The smallest absolute Gasteiger partial charge is 0.270 e. The number of pyridine rings is 1. The van der Waals surface area contributed by atoms with Crippen LogP contribution in [0.4, 0.5) is 0 Å². The maximum atomic E-state index is 13.1. The summed E-state index contributed by atoms with van der Waals surface area (Å²) in [5.74, 6) is 0. The summed E-state index contributed by atoms with van der Waals surface area (Å²) in [6.45, 7) is 3.72. The molecule has 0 fully saturated rings. The van der Waals surface area contributed by atoms with E-state index >= 15 is 0 Å². The van der Waals surface area contributed by atoms with Gasteiger partial charge in [-0.15, -0.1) is 0 Å². The second kappa shape index (κ2) is 7.09. The molecule has 1 aromatic heterocycles. The molecule has 0 bridgehead atoms. The van der Waals surface area contributed by atoms with E-state index in [1.165, 1.54) is 16.7 Å². The quantitative estimate of drug-likeness (QED) is 0.679. The Kier molecular flexibility index (Phi) is 5.03. The first-order valence-electron chi connectivity index (χ1n) is 8.06. The highest BCUT2D eigenvalue weighted by Crippen LogP contribution is 2.22. The molecule has 3 aromatic rings. The largest absolute Gasteiger partial charge is 0.307 e. The molecule has 0 N–H and O–H groups in total. The molecule has 0 aliphatic carbocycles. The summed E-state index contributed by atoms with van der Waals surface area (Å²) < 4.78 is 27.5. The van der Waals surface area contributed by atoms with Gasteiger partial charge in [0.1, 0.15) is 4.90 Å². The highest BCUT2D eigenvalue weighted by atomic mass is 35.5. The van der Waals surface area contributed by atoms with Crippen LogP contribution in [0.25, 0.3) is 0 Å². The number of benzene rings is 2. The summed E-state index contributed by atoms with van der Waals surface area (Å²) in [4.78, 5) is 13.0. The van der Waals surface area contributed by atoms with Gasteiger partial charge in [-0.25, -0.2) is 8.42 Å². The van der Waals surface area contributed by atoms with E-state index in [9.17, 15) is 13.2 Å². The number of aromatic nitrogens is 1. The van der Waals surface area contributed by atoms with E-state index in [2.05, 4.69) is 0 Å². The lowest BCUT2D eigenvalue weighted by molar-refractivity contribution is 0.590. The second-order valence-corrected chi connectivity index (χ2v) is 8.46. The van der Waals surface area contributed by atoms with Crippen LogP contribution < -0.4 is 5.56 Å². The third-order valence-electron chi connectivity index (χ3n) is 4.22. The summed E-state index contributed by atoms with van der Waals surface area (Å²) >= 11 is 5.90. The van der Waals surface area contributed by atoms with Gasteiger partial charge in [-0.1, -0.05) is 41.9 Å². The van der Waals surface area contributed by atoms with Crippen LogP contribution in [0, 0.1) is 13.8 Å². The number of nitrogens with zero attached hydrogens (tertiary/aromatic N) is 1. The number of rotatable bonds is 4. The van der Waals surface area contributed by atoms with Gasteiger partial charge in [-0.05, 0) is 55.3 Å². The number of hydrogen-bond acceptors (Lipinski definition) is 3. The Labute approximate surface area is 157 Å². The Hall–Kier alpha value is -2.37. The maximum absolute atomic E-state index is 13.1. The normalized spacial score (nSPS) is 11.5. The first kappa shape index (κ1) is 18.4. The van der Waals surface area contributed by atoms with Crippen LogP contribution in [0.15, 0.2) is 75.2 Å². The van der Waals surface area contributed by atoms with Crippen molar-refractivity contribution in [3.63, 3.8) is 0 Å². The zero-order valence-corrected chi connectivity index (χ0v) is 16.0. The summed E-state index contributed by atoms with van der Waals surface area (Å²) in [6, 6.07) is 16.9. The fourth-order valence-electron chi connectivity index (χ4n) is 2.92. The SMILES string of the molecule is Cc1cc(C)n(Cc2ccc(Cl)cc2)c(=O)c1S(=O)(=O)c1ccccc1. The molecule has 2 aromatic carbocycles. The lowest BCUT2D eigenvalue weighted by Crippen LogP contribution is -2.29. The van der Waals surface area contributed by atoms with Crippen molar-refractivity contribution < 1.29 is 8.42 Å². The molecule has 0 spiro atoms. The van der Waals surface area contributed by atoms with E-state index in [0.29, 0.717) is 16.3 Å². The molecule has 134 valence electrons. The first-order valence-corrected chi connectivity index (χ1v) is 9.92. The Morgan fingerprint density at radius 2 is 1.58 bits per heavy atom. The minimum absolute atomic E-state index is 0.113. The van der Waals surface area contributed by atoms with Crippen LogP contribution in [0.5, 0.6) is 0 Å². The molecule has 6 heteroatoms. The fourth-order valence-corrected chi connectivity index (χ4v) is 4.62. The highest BCUT2D eigenvalue weighted by molar-refractivity contribution is 7.91. The van der Waals surface area contributed by atoms with Gasteiger partial charge in [-0.2, -0.15) is 0 Å². The molecule has 0 saturated carbocycles. The van der Waals surface area contributed by atoms with E-state index in [1.807, 2.05) is 12.1 Å². The Balaban J connectivity index is 2.16. The lowest BCUT2D eigenvalue weighted by atomic mass is 10.2. The molecule has 0 aliphatic rings. The van der Waals surface area contributed by atoms with E-state index in [4.69, 9.17) is 11.6 Å². The van der Waals surface area contributed by atoms with Gasteiger partial charge >= 0.3 is 0 Å². The first-order chi connectivity index (χ1) is 12.3. The molecule has 3 rings (SSSR count). The highest BCUT2D eigenvalue weighted by Gasteiger charge is 2.25. The second-order valence-electron chi connectivity index (χ2n) is 6.13. The van der Waals surface area contributed by atoms with Crippen LogP contribution >= 0.6 is 11.6 Å². The van der Waals surface area contributed by atoms with Crippen molar-refractivity contribution in [3.05, 3.63) is 92.9 Å². The van der Waals surface area contributed by atoms with E-state index in [1.54, 1.807) is 50.2 Å². The standard InChI is InChI=1S/C20H18ClNO3S/c1-14-12-15(2)22(13-16-8-10-17(21)11-9-16)20(23)19(14)26(24,25)18-6-4-3-5-7-18/h3-12H,13H2,1-2H3. The molecular weight excluding hydrogens is 370 g/mol. The molecule has 0 radical (unpaired) electrons. The van der Waals surface area contributed by atoms with E-state index in [0.717, 1.165) is 5.56 Å². The van der Waals surface area contributed by atoms with Crippen molar-refractivity contribution in [2.24, 2.45) is 0 Å². The average Bonchev–Trinajstić information content (AvgIpc) is 2.60. The topological polar surface area (TPSA) is 56.1 Å². The van der Waals surface area contributed by atoms with Gasteiger partial charge in [0.15, 0.2) is 0 Å². The van der Waals surface area contributed by atoms with Crippen LogP contribution in [-0.2, 0) is 16.4 Å². The Bertz CT molecular complexity index is 1100. The predicted molar refractivity (Wildman–Crippen MR) is 103 cm³/mol. The van der Waals surface area contributed by atoms with Crippen LogP contribution in [-0.4, -0.2) is 13.0 Å². The molecule has 4 nitrogen and oxygen atoms in total. The zero-order valence-electron chi connectivity index (χ0n) is 14.4. The van der Waals surface area contributed by atoms with E-state index < -0.39 is 15.4 Å². The van der Waals surface area contributed by atoms with Gasteiger partial charge in [0, 0.05) is 10.7 Å². The molecule has 0 saturated heterocycles. The summed E-state index contributed by atoms with van der Waals surface area (Å²) in [5, 5.41) is 0.606. The molecule has 0 atom stereocenters. The average molecular weight is 388 g/mol. The van der Waals surface area contributed by atoms with Crippen LogP contribution in [0.2, 0.25) is 5.02 Å². The summed E-state index contributed by atoms with van der Waals surface area (Å²) in [5.41, 5.74) is 1.51. The third-order valence-corrected chi connectivity index (χ3v) is 6.40. The number of halogens is 1. The summed E-state index contributed by atoms with van der Waals surface area (Å²) in [6.07, 6.45) is 0. The molecule has 26 heavy (non-hydrogen) atoms. The van der Waals surface area contributed by atoms with Crippen molar-refractivity contribution >= 4 is 21.4 Å². The molecule has 1 heterocycles. The monoisotopic (exact) mass is 387 g/mol. The number of aryl methyl sites for hydroxylation is 2. The van der Waals surface area contributed by atoms with E-state index in [-0.39, 0.29) is 16.3 Å². The van der Waals surface area contributed by atoms with Gasteiger partial charge in [0.25, 0.3) is 5.56 Å². The van der Waals surface area contributed by atoms with Crippen molar-refractivity contribution in [1.29, 1.82) is 0 Å².